The van der Waals surface area contributed by atoms with E-state index in [1.807, 2.05) is 18.2 Å². The number of para-hydroxylation sites is 1. The third-order valence-electron chi connectivity index (χ3n) is 2.52. The standard InChI is InChI=1S/C13H8Br2ClNO3/c14-10-5-9(17(18)19)6-11(15)13(10)20-12-4-2-1-3-8(12)7-16/h1-6H,7H2. The van der Waals surface area contributed by atoms with Gasteiger partial charge >= 0.3 is 0 Å². The third kappa shape index (κ3) is 3.31. The minimum atomic E-state index is -0.466. The molecule has 20 heavy (non-hydrogen) atoms. The van der Waals surface area contributed by atoms with Crippen molar-refractivity contribution in [1.29, 1.82) is 0 Å². The number of hydrogen-bond donors (Lipinski definition) is 0. The molecule has 0 unspecified atom stereocenters. The minimum absolute atomic E-state index is 0.0262. The normalized spacial score (nSPS) is 10.3. The number of nitrogens with zero attached hydrogens (tertiary/aromatic N) is 1. The number of alkyl halides is 1. The fraction of sp³-hybridized carbons (Fsp3) is 0.0769. The molecule has 0 N–H and O–H groups in total. The van der Waals surface area contributed by atoms with E-state index in [-0.39, 0.29) is 5.69 Å². The molecule has 0 aromatic heterocycles. The second kappa shape index (κ2) is 6.56. The largest absolute Gasteiger partial charge is 0.455 e. The zero-order valence-corrected chi connectivity index (χ0v) is 13.9. The Balaban J connectivity index is 2.41. The van der Waals surface area contributed by atoms with Crippen LogP contribution in [0.3, 0.4) is 0 Å². The summed E-state index contributed by atoms with van der Waals surface area (Å²) in [5, 5.41) is 10.8. The molecule has 2 rings (SSSR count). The first kappa shape index (κ1) is 15.3. The number of non-ortho nitro benzene ring substituents is 1. The summed E-state index contributed by atoms with van der Waals surface area (Å²) >= 11 is 12.4. The molecule has 0 aliphatic carbocycles. The topological polar surface area (TPSA) is 52.4 Å². The van der Waals surface area contributed by atoms with Crippen LogP contribution in [0.2, 0.25) is 0 Å². The fourth-order valence-corrected chi connectivity index (χ4v) is 3.12. The van der Waals surface area contributed by atoms with E-state index in [9.17, 15) is 10.1 Å². The number of benzene rings is 2. The number of nitro benzene ring substituents is 1. The van der Waals surface area contributed by atoms with Crippen molar-refractivity contribution in [3.05, 3.63) is 61.0 Å². The SMILES string of the molecule is O=[N+]([O-])c1cc(Br)c(Oc2ccccc2CCl)c(Br)c1. The van der Waals surface area contributed by atoms with E-state index in [2.05, 4.69) is 31.9 Å². The van der Waals surface area contributed by atoms with Crippen LogP contribution in [-0.2, 0) is 5.88 Å². The lowest BCUT2D eigenvalue weighted by Crippen LogP contribution is -1.93. The number of nitro groups is 1. The van der Waals surface area contributed by atoms with Crippen molar-refractivity contribution in [2.45, 2.75) is 5.88 Å². The van der Waals surface area contributed by atoms with Gasteiger partial charge in [0, 0.05) is 17.7 Å². The second-order valence-corrected chi connectivity index (χ2v) is 5.82. The van der Waals surface area contributed by atoms with Gasteiger partial charge in [0.15, 0.2) is 5.75 Å². The summed E-state index contributed by atoms with van der Waals surface area (Å²) < 4.78 is 6.77. The van der Waals surface area contributed by atoms with Gasteiger partial charge in [0.05, 0.1) is 19.7 Å². The molecule has 2 aromatic rings. The van der Waals surface area contributed by atoms with Crippen LogP contribution in [0.5, 0.6) is 11.5 Å². The van der Waals surface area contributed by atoms with Crippen LogP contribution in [-0.4, -0.2) is 4.92 Å². The highest BCUT2D eigenvalue weighted by molar-refractivity contribution is 9.11. The maximum atomic E-state index is 10.8. The van der Waals surface area contributed by atoms with Crippen molar-refractivity contribution in [2.75, 3.05) is 0 Å². The number of ether oxygens (including phenoxy) is 1. The fourth-order valence-electron chi connectivity index (χ4n) is 1.57. The zero-order chi connectivity index (χ0) is 14.7. The van der Waals surface area contributed by atoms with E-state index in [0.717, 1.165) is 5.56 Å². The van der Waals surface area contributed by atoms with Crippen molar-refractivity contribution >= 4 is 49.1 Å². The summed E-state index contributed by atoms with van der Waals surface area (Å²) in [7, 11) is 0. The Labute approximate surface area is 137 Å². The summed E-state index contributed by atoms with van der Waals surface area (Å²) in [6.07, 6.45) is 0. The quantitative estimate of drug-likeness (QED) is 0.364. The smallest absolute Gasteiger partial charge is 0.271 e. The molecule has 0 aliphatic heterocycles. The molecule has 0 heterocycles. The summed E-state index contributed by atoms with van der Waals surface area (Å²) in [5.74, 6) is 1.39. The van der Waals surface area contributed by atoms with E-state index in [1.54, 1.807) is 6.07 Å². The molecule has 4 nitrogen and oxygen atoms in total. The highest BCUT2D eigenvalue weighted by Gasteiger charge is 2.16. The first-order chi connectivity index (χ1) is 9.52. The van der Waals surface area contributed by atoms with Gasteiger partial charge in [0.25, 0.3) is 5.69 Å². The van der Waals surface area contributed by atoms with Crippen molar-refractivity contribution in [3.8, 4) is 11.5 Å². The molecular weight excluding hydrogens is 413 g/mol. The van der Waals surface area contributed by atoms with E-state index < -0.39 is 4.92 Å². The molecule has 0 aliphatic rings. The van der Waals surface area contributed by atoms with Gasteiger partial charge in [-0.3, -0.25) is 10.1 Å². The summed E-state index contributed by atoms with van der Waals surface area (Å²) in [4.78, 5) is 10.3. The Morgan fingerprint density at radius 2 is 1.80 bits per heavy atom. The molecule has 7 heteroatoms. The molecule has 0 radical (unpaired) electrons. The lowest BCUT2D eigenvalue weighted by Gasteiger charge is -2.12. The van der Waals surface area contributed by atoms with E-state index in [4.69, 9.17) is 16.3 Å². The van der Waals surface area contributed by atoms with Gasteiger partial charge in [-0.1, -0.05) is 18.2 Å². The maximum Gasteiger partial charge on any atom is 0.271 e. The minimum Gasteiger partial charge on any atom is -0.455 e. The highest BCUT2D eigenvalue weighted by Crippen LogP contribution is 2.40. The van der Waals surface area contributed by atoms with Crippen LogP contribution < -0.4 is 4.74 Å². The van der Waals surface area contributed by atoms with E-state index in [1.165, 1.54) is 12.1 Å². The Kier molecular flexibility index (Phi) is 5.01. The molecular formula is C13H8Br2ClNO3. The zero-order valence-electron chi connectivity index (χ0n) is 9.98. The van der Waals surface area contributed by atoms with Gasteiger partial charge in [-0.05, 0) is 37.9 Å². The molecule has 0 saturated heterocycles. The summed E-state index contributed by atoms with van der Waals surface area (Å²) in [5.41, 5.74) is 0.813. The lowest BCUT2D eigenvalue weighted by molar-refractivity contribution is -0.385. The first-order valence-corrected chi connectivity index (χ1v) is 7.60. The van der Waals surface area contributed by atoms with Gasteiger partial charge in [-0.15, -0.1) is 11.6 Å². The predicted molar refractivity (Wildman–Crippen MR) is 84.6 cm³/mol. The van der Waals surface area contributed by atoms with Crippen LogP contribution in [0.15, 0.2) is 45.3 Å². The van der Waals surface area contributed by atoms with Crippen LogP contribution in [0.1, 0.15) is 5.56 Å². The molecule has 2 aromatic carbocycles. The van der Waals surface area contributed by atoms with Crippen LogP contribution in [0.25, 0.3) is 0 Å². The van der Waals surface area contributed by atoms with Crippen LogP contribution >= 0.6 is 43.5 Å². The van der Waals surface area contributed by atoms with Gasteiger partial charge in [-0.25, -0.2) is 0 Å². The predicted octanol–water partition coefficient (Wildman–Crippen LogP) is 5.65. The van der Waals surface area contributed by atoms with Gasteiger partial charge in [0.1, 0.15) is 5.75 Å². The van der Waals surface area contributed by atoms with Gasteiger partial charge in [0.2, 0.25) is 0 Å². The third-order valence-corrected chi connectivity index (χ3v) is 3.99. The monoisotopic (exact) mass is 419 g/mol. The van der Waals surface area contributed by atoms with E-state index >= 15 is 0 Å². The average Bonchev–Trinajstić information content (AvgIpc) is 2.42. The average molecular weight is 421 g/mol. The molecule has 0 bridgehead atoms. The molecule has 0 saturated carbocycles. The molecule has 0 spiro atoms. The summed E-state index contributed by atoms with van der Waals surface area (Å²) in [6.45, 7) is 0. The highest BCUT2D eigenvalue weighted by atomic mass is 79.9. The van der Waals surface area contributed by atoms with Crippen molar-refractivity contribution in [2.24, 2.45) is 0 Å². The summed E-state index contributed by atoms with van der Waals surface area (Å²) in [6, 6.07) is 10.1. The molecule has 0 fully saturated rings. The maximum absolute atomic E-state index is 10.8. The lowest BCUT2D eigenvalue weighted by atomic mass is 10.2. The Bertz CT molecular complexity index is 641. The van der Waals surface area contributed by atoms with Gasteiger partial charge in [-0.2, -0.15) is 0 Å². The van der Waals surface area contributed by atoms with Crippen LogP contribution in [0.4, 0.5) is 5.69 Å². The number of hydrogen-bond acceptors (Lipinski definition) is 3. The van der Waals surface area contributed by atoms with Crippen LogP contribution in [0, 0.1) is 10.1 Å². The van der Waals surface area contributed by atoms with Crippen molar-refractivity contribution in [1.82, 2.24) is 0 Å². The Morgan fingerprint density at radius 1 is 1.20 bits per heavy atom. The van der Waals surface area contributed by atoms with Gasteiger partial charge < -0.3 is 4.74 Å². The molecule has 104 valence electrons. The number of halogens is 3. The Hall–Kier alpha value is -1.11. The Morgan fingerprint density at radius 3 is 2.35 bits per heavy atom. The van der Waals surface area contributed by atoms with Crippen molar-refractivity contribution < 1.29 is 9.66 Å². The van der Waals surface area contributed by atoms with E-state index in [0.29, 0.717) is 26.3 Å². The molecule has 0 amide bonds. The first-order valence-electron chi connectivity index (χ1n) is 5.48. The number of rotatable bonds is 4. The second-order valence-electron chi connectivity index (χ2n) is 3.84. The molecule has 0 atom stereocenters. The van der Waals surface area contributed by atoms with Crippen molar-refractivity contribution in [3.63, 3.8) is 0 Å².